The number of guanidine groups is 1. The first-order chi connectivity index (χ1) is 12.2. The third-order valence-corrected chi connectivity index (χ3v) is 4.96. The van der Waals surface area contributed by atoms with E-state index in [-0.39, 0.29) is 24.0 Å². The molecule has 5 nitrogen and oxygen atoms in total. The lowest BCUT2D eigenvalue weighted by molar-refractivity contribution is 0.206. The summed E-state index contributed by atoms with van der Waals surface area (Å²) in [5, 5.41) is 6.96. The van der Waals surface area contributed by atoms with Crippen molar-refractivity contribution in [2.75, 3.05) is 33.3 Å². The molecule has 0 spiro atoms. The van der Waals surface area contributed by atoms with E-state index in [0.717, 1.165) is 28.3 Å². The van der Waals surface area contributed by atoms with Gasteiger partial charge in [0.1, 0.15) is 5.75 Å². The van der Waals surface area contributed by atoms with Gasteiger partial charge in [-0.1, -0.05) is 22.9 Å². The SMILES string of the molecule is CCCN1CCC(NC(=NCc2cc(Br)ccc2OC)NCC)CC1.I. The van der Waals surface area contributed by atoms with Crippen LogP contribution in [0, 0.1) is 0 Å². The van der Waals surface area contributed by atoms with Crippen LogP contribution < -0.4 is 15.4 Å². The first kappa shape index (κ1) is 23.5. The van der Waals surface area contributed by atoms with Crippen molar-refractivity contribution < 1.29 is 4.74 Å². The zero-order valence-corrected chi connectivity index (χ0v) is 20.0. The summed E-state index contributed by atoms with van der Waals surface area (Å²) in [5.41, 5.74) is 1.08. The second-order valence-electron chi connectivity index (χ2n) is 6.41. The van der Waals surface area contributed by atoms with Gasteiger partial charge in [0.05, 0.1) is 13.7 Å². The normalized spacial score (nSPS) is 16.1. The number of piperidine rings is 1. The van der Waals surface area contributed by atoms with Crippen LogP contribution in [0.2, 0.25) is 0 Å². The fraction of sp³-hybridized carbons (Fsp3) is 0.632. The molecule has 1 aromatic rings. The van der Waals surface area contributed by atoms with Crippen molar-refractivity contribution in [3.63, 3.8) is 0 Å². The van der Waals surface area contributed by atoms with Gasteiger partial charge in [0.25, 0.3) is 0 Å². The van der Waals surface area contributed by atoms with Crippen LogP contribution in [-0.2, 0) is 6.54 Å². The Bertz CT molecular complexity index is 562. The summed E-state index contributed by atoms with van der Waals surface area (Å²) in [6, 6.07) is 6.52. The van der Waals surface area contributed by atoms with Crippen molar-refractivity contribution in [3.05, 3.63) is 28.2 Å². The number of rotatable bonds is 7. The first-order valence-corrected chi connectivity index (χ1v) is 10.0. The van der Waals surface area contributed by atoms with Gasteiger partial charge in [0.15, 0.2) is 5.96 Å². The van der Waals surface area contributed by atoms with Gasteiger partial charge in [-0.2, -0.15) is 0 Å². The Morgan fingerprint density at radius 3 is 2.65 bits per heavy atom. The summed E-state index contributed by atoms with van der Waals surface area (Å²) in [7, 11) is 1.70. The van der Waals surface area contributed by atoms with E-state index < -0.39 is 0 Å². The van der Waals surface area contributed by atoms with Crippen molar-refractivity contribution in [2.45, 2.75) is 45.7 Å². The number of likely N-dealkylation sites (tertiary alicyclic amines) is 1. The van der Waals surface area contributed by atoms with Gasteiger partial charge >= 0.3 is 0 Å². The predicted molar refractivity (Wildman–Crippen MR) is 124 cm³/mol. The Hall–Kier alpha value is -0.540. The first-order valence-electron chi connectivity index (χ1n) is 9.25. The zero-order chi connectivity index (χ0) is 18.1. The third kappa shape index (κ3) is 7.60. The Labute approximate surface area is 183 Å². The largest absolute Gasteiger partial charge is 0.496 e. The Balaban J connectivity index is 0.00000338. The van der Waals surface area contributed by atoms with Crippen molar-refractivity contribution >= 4 is 45.9 Å². The van der Waals surface area contributed by atoms with Gasteiger partial charge in [-0.25, -0.2) is 4.99 Å². The molecule has 26 heavy (non-hydrogen) atoms. The van der Waals surface area contributed by atoms with E-state index in [2.05, 4.69) is 51.4 Å². The molecule has 1 aliphatic rings. The van der Waals surface area contributed by atoms with Crippen LogP contribution in [0.1, 0.15) is 38.7 Å². The summed E-state index contributed by atoms with van der Waals surface area (Å²) < 4.78 is 6.48. The van der Waals surface area contributed by atoms with Crippen molar-refractivity contribution in [1.82, 2.24) is 15.5 Å². The van der Waals surface area contributed by atoms with Gasteiger partial charge in [-0.05, 0) is 50.9 Å². The van der Waals surface area contributed by atoms with Crippen molar-refractivity contribution in [1.29, 1.82) is 0 Å². The van der Waals surface area contributed by atoms with E-state index in [1.54, 1.807) is 7.11 Å². The Morgan fingerprint density at radius 2 is 2.04 bits per heavy atom. The van der Waals surface area contributed by atoms with Crippen LogP contribution in [0.4, 0.5) is 0 Å². The topological polar surface area (TPSA) is 48.9 Å². The van der Waals surface area contributed by atoms with E-state index in [9.17, 15) is 0 Å². The average Bonchev–Trinajstić information content (AvgIpc) is 2.62. The molecule has 1 aromatic carbocycles. The molecule has 1 saturated heterocycles. The highest BCUT2D eigenvalue weighted by Gasteiger charge is 2.19. The van der Waals surface area contributed by atoms with Crippen LogP contribution in [-0.4, -0.2) is 50.2 Å². The third-order valence-electron chi connectivity index (χ3n) is 4.46. The van der Waals surface area contributed by atoms with Crippen LogP contribution >= 0.6 is 39.9 Å². The molecule has 1 fully saturated rings. The molecule has 0 radical (unpaired) electrons. The molecule has 1 heterocycles. The van der Waals surface area contributed by atoms with Crippen LogP contribution in [0.3, 0.4) is 0 Å². The summed E-state index contributed by atoms with van der Waals surface area (Å²) in [4.78, 5) is 7.31. The molecule has 0 unspecified atom stereocenters. The fourth-order valence-corrected chi connectivity index (χ4v) is 3.57. The molecule has 0 atom stereocenters. The van der Waals surface area contributed by atoms with Gasteiger partial charge in [-0.15, -0.1) is 24.0 Å². The lowest BCUT2D eigenvalue weighted by Crippen LogP contribution is -2.48. The number of aliphatic imine (C=N–C) groups is 1. The van der Waals surface area contributed by atoms with Crippen LogP contribution in [0.5, 0.6) is 5.75 Å². The van der Waals surface area contributed by atoms with Crippen molar-refractivity contribution in [2.24, 2.45) is 4.99 Å². The number of hydrogen-bond donors (Lipinski definition) is 2. The van der Waals surface area contributed by atoms with Gasteiger partial charge in [0.2, 0.25) is 0 Å². The van der Waals surface area contributed by atoms with Gasteiger partial charge in [0, 0.05) is 35.7 Å². The molecule has 0 bridgehead atoms. The standard InChI is InChI=1S/C19H31BrN4O.HI/c1-4-10-24-11-8-17(9-12-24)23-19(21-5-2)22-14-15-13-16(20)6-7-18(15)25-3;/h6-7,13,17H,4-5,8-12,14H2,1-3H3,(H2,21,22,23);1H. The molecule has 2 N–H and O–H groups in total. The van der Waals surface area contributed by atoms with E-state index in [1.165, 1.54) is 38.9 Å². The van der Waals surface area contributed by atoms with Crippen molar-refractivity contribution in [3.8, 4) is 5.75 Å². The summed E-state index contributed by atoms with van der Waals surface area (Å²) in [5.74, 6) is 1.76. The summed E-state index contributed by atoms with van der Waals surface area (Å²) in [6.07, 6.45) is 3.58. The molecule has 2 rings (SSSR count). The number of nitrogens with one attached hydrogen (secondary N) is 2. The Kier molecular flexibility index (Phi) is 11.5. The van der Waals surface area contributed by atoms with Gasteiger partial charge in [-0.3, -0.25) is 0 Å². The average molecular weight is 539 g/mol. The maximum Gasteiger partial charge on any atom is 0.191 e. The molecule has 7 heteroatoms. The minimum Gasteiger partial charge on any atom is -0.496 e. The van der Waals surface area contributed by atoms with E-state index in [4.69, 9.17) is 9.73 Å². The second-order valence-corrected chi connectivity index (χ2v) is 7.33. The summed E-state index contributed by atoms with van der Waals surface area (Å²) >= 11 is 3.52. The molecule has 0 saturated carbocycles. The molecule has 148 valence electrons. The predicted octanol–water partition coefficient (Wildman–Crippen LogP) is 4.01. The van der Waals surface area contributed by atoms with E-state index >= 15 is 0 Å². The smallest absolute Gasteiger partial charge is 0.191 e. The van der Waals surface area contributed by atoms with Crippen LogP contribution in [0.25, 0.3) is 0 Å². The fourth-order valence-electron chi connectivity index (χ4n) is 3.17. The second kappa shape index (κ2) is 12.8. The van der Waals surface area contributed by atoms with Gasteiger partial charge < -0.3 is 20.3 Å². The number of ether oxygens (including phenoxy) is 1. The highest BCUT2D eigenvalue weighted by atomic mass is 127. The summed E-state index contributed by atoms with van der Waals surface area (Å²) in [6.45, 7) is 9.35. The number of methoxy groups -OCH3 is 1. The highest BCUT2D eigenvalue weighted by Crippen LogP contribution is 2.23. The maximum absolute atomic E-state index is 5.44. The number of benzene rings is 1. The molecular weight excluding hydrogens is 507 g/mol. The minimum absolute atomic E-state index is 0. The molecule has 0 aromatic heterocycles. The lowest BCUT2D eigenvalue weighted by atomic mass is 10.1. The lowest BCUT2D eigenvalue weighted by Gasteiger charge is -2.32. The zero-order valence-electron chi connectivity index (χ0n) is 16.1. The Morgan fingerprint density at radius 1 is 1.31 bits per heavy atom. The van der Waals surface area contributed by atoms with E-state index in [0.29, 0.717) is 12.6 Å². The van der Waals surface area contributed by atoms with Crippen LogP contribution in [0.15, 0.2) is 27.7 Å². The molecule has 1 aliphatic heterocycles. The minimum atomic E-state index is 0. The number of hydrogen-bond acceptors (Lipinski definition) is 3. The quantitative estimate of drug-likeness (QED) is 0.313. The molecular formula is C19H32BrIN4O. The molecule has 0 aliphatic carbocycles. The molecule has 0 amide bonds. The highest BCUT2D eigenvalue weighted by molar-refractivity contribution is 14.0. The van der Waals surface area contributed by atoms with E-state index in [1.807, 2.05) is 12.1 Å². The number of halogens is 2. The number of nitrogens with zero attached hydrogens (tertiary/aromatic N) is 2. The maximum atomic E-state index is 5.44. The monoisotopic (exact) mass is 538 g/mol.